The van der Waals surface area contributed by atoms with Crippen LogP contribution >= 0.6 is 11.6 Å². The number of carbonyl (C=O) groups is 1. The van der Waals surface area contributed by atoms with Crippen LogP contribution in [0.4, 0.5) is 0 Å². The van der Waals surface area contributed by atoms with Crippen molar-refractivity contribution >= 4 is 17.5 Å². The van der Waals surface area contributed by atoms with Gasteiger partial charge in [0.2, 0.25) is 0 Å². The van der Waals surface area contributed by atoms with Gasteiger partial charge in [0.1, 0.15) is 11.4 Å². The SMILES string of the molecule is COc1cccc(Cl)c1C(=O)NCC(C)(O)c1cnn(C)c1. The number of aliphatic hydroxyl groups is 1. The fourth-order valence-electron chi connectivity index (χ4n) is 2.04. The molecule has 0 saturated carbocycles. The zero-order chi connectivity index (χ0) is 16.3. The molecule has 0 saturated heterocycles. The fourth-order valence-corrected chi connectivity index (χ4v) is 2.29. The first-order chi connectivity index (χ1) is 10.3. The van der Waals surface area contributed by atoms with Crippen molar-refractivity contribution in [1.82, 2.24) is 15.1 Å². The van der Waals surface area contributed by atoms with E-state index in [2.05, 4.69) is 10.4 Å². The van der Waals surface area contributed by atoms with E-state index in [4.69, 9.17) is 16.3 Å². The Hall–Kier alpha value is -2.05. The standard InChI is InChI=1S/C15H18ClN3O3/c1-15(21,10-7-18-19(2)8-10)9-17-14(20)13-11(16)5-4-6-12(13)22-3/h4-8,21H,9H2,1-3H3,(H,17,20). The van der Waals surface area contributed by atoms with Crippen molar-refractivity contribution in [3.05, 3.63) is 46.7 Å². The minimum Gasteiger partial charge on any atom is -0.496 e. The number of rotatable bonds is 5. The third kappa shape index (κ3) is 3.40. The average molecular weight is 324 g/mol. The molecule has 1 heterocycles. The summed E-state index contributed by atoms with van der Waals surface area (Å²) in [5.41, 5.74) is -0.381. The highest BCUT2D eigenvalue weighted by Gasteiger charge is 2.26. The largest absolute Gasteiger partial charge is 0.496 e. The minimum absolute atomic E-state index is 0.0197. The highest BCUT2D eigenvalue weighted by Crippen LogP contribution is 2.26. The highest BCUT2D eigenvalue weighted by molar-refractivity contribution is 6.34. The lowest BCUT2D eigenvalue weighted by atomic mass is 9.99. The van der Waals surface area contributed by atoms with Crippen LogP contribution in [0.1, 0.15) is 22.8 Å². The highest BCUT2D eigenvalue weighted by atomic mass is 35.5. The molecule has 0 fully saturated rings. The lowest BCUT2D eigenvalue weighted by Gasteiger charge is -2.22. The van der Waals surface area contributed by atoms with Gasteiger partial charge in [0.15, 0.2) is 0 Å². The molecular weight excluding hydrogens is 306 g/mol. The molecular formula is C15H18ClN3O3. The maximum atomic E-state index is 12.3. The van der Waals surface area contributed by atoms with Gasteiger partial charge in [-0.15, -0.1) is 0 Å². The van der Waals surface area contributed by atoms with Gasteiger partial charge in [-0.25, -0.2) is 0 Å². The topological polar surface area (TPSA) is 76.4 Å². The summed E-state index contributed by atoms with van der Waals surface area (Å²) >= 11 is 6.06. The zero-order valence-electron chi connectivity index (χ0n) is 12.6. The molecule has 0 aliphatic carbocycles. The van der Waals surface area contributed by atoms with E-state index in [-0.39, 0.29) is 17.1 Å². The Balaban J connectivity index is 2.13. The van der Waals surface area contributed by atoms with Crippen molar-refractivity contribution < 1.29 is 14.6 Å². The van der Waals surface area contributed by atoms with Crippen LogP contribution in [0.25, 0.3) is 0 Å². The summed E-state index contributed by atoms with van der Waals surface area (Å²) in [7, 11) is 3.22. The number of halogens is 1. The smallest absolute Gasteiger partial charge is 0.256 e. The molecule has 1 aromatic heterocycles. The number of methoxy groups -OCH3 is 1. The van der Waals surface area contributed by atoms with Crippen LogP contribution in [-0.2, 0) is 12.6 Å². The zero-order valence-corrected chi connectivity index (χ0v) is 13.4. The molecule has 1 aromatic carbocycles. The molecule has 1 unspecified atom stereocenters. The van der Waals surface area contributed by atoms with E-state index in [0.29, 0.717) is 11.3 Å². The number of nitrogens with one attached hydrogen (secondary N) is 1. The number of carbonyl (C=O) groups excluding carboxylic acids is 1. The van der Waals surface area contributed by atoms with Crippen LogP contribution in [0.5, 0.6) is 5.75 Å². The first-order valence-corrected chi connectivity index (χ1v) is 7.05. The molecule has 2 N–H and O–H groups in total. The van der Waals surface area contributed by atoms with Gasteiger partial charge in [-0.1, -0.05) is 17.7 Å². The molecule has 0 aliphatic rings. The molecule has 2 aromatic rings. The quantitative estimate of drug-likeness (QED) is 0.878. The van der Waals surface area contributed by atoms with Gasteiger partial charge in [0.25, 0.3) is 5.91 Å². The number of ether oxygens (including phenoxy) is 1. The van der Waals surface area contributed by atoms with Crippen LogP contribution in [-0.4, -0.2) is 34.4 Å². The molecule has 0 radical (unpaired) electrons. The predicted molar refractivity (Wildman–Crippen MR) is 83.1 cm³/mol. The van der Waals surface area contributed by atoms with Gasteiger partial charge in [0.05, 0.1) is 30.4 Å². The van der Waals surface area contributed by atoms with E-state index in [1.165, 1.54) is 7.11 Å². The lowest BCUT2D eigenvalue weighted by molar-refractivity contribution is 0.0525. The van der Waals surface area contributed by atoms with Crippen LogP contribution in [0.15, 0.2) is 30.6 Å². The van der Waals surface area contributed by atoms with E-state index >= 15 is 0 Å². The van der Waals surface area contributed by atoms with E-state index in [1.54, 1.807) is 49.2 Å². The lowest BCUT2D eigenvalue weighted by Crippen LogP contribution is -2.38. The average Bonchev–Trinajstić information content (AvgIpc) is 2.92. The first-order valence-electron chi connectivity index (χ1n) is 6.67. The number of benzene rings is 1. The number of hydrogen-bond acceptors (Lipinski definition) is 4. The third-order valence-corrected chi connectivity index (χ3v) is 3.66. The molecule has 2 rings (SSSR count). The Kier molecular flexibility index (Phi) is 4.73. The Morgan fingerprint density at radius 2 is 2.27 bits per heavy atom. The molecule has 7 heteroatoms. The van der Waals surface area contributed by atoms with Gasteiger partial charge in [0, 0.05) is 18.8 Å². The van der Waals surface area contributed by atoms with Gasteiger partial charge in [-0.2, -0.15) is 5.10 Å². The van der Waals surface area contributed by atoms with E-state index in [1.807, 2.05) is 0 Å². The normalized spacial score (nSPS) is 13.5. The maximum Gasteiger partial charge on any atom is 0.256 e. The molecule has 1 amide bonds. The third-order valence-electron chi connectivity index (χ3n) is 3.34. The molecule has 118 valence electrons. The molecule has 1 atom stereocenters. The van der Waals surface area contributed by atoms with Gasteiger partial charge < -0.3 is 15.2 Å². The monoisotopic (exact) mass is 323 g/mol. The van der Waals surface area contributed by atoms with Crippen LogP contribution in [0.3, 0.4) is 0 Å². The van der Waals surface area contributed by atoms with Crippen molar-refractivity contribution in [2.45, 2.75) is 12.5 Å². The second-order valence-electron chi connectivity index (χ2n) is 5.18. The van der Waals surface area contributed by atoms with Gasteiger partial charge >= 0.3 is 0 Å². The summed E-state index contributed by atoms with van der Waals surface area (Å²) in [5.74, 6) is -0.0300. The molecule has 0 aliphatic heterocycles. The summed E-state index contributed by atoms with van der Waals surface area (Å²) in [6.45, 7) is 1.63. The Labute approximate surface area is 133 Å². The number of aryl methyl sites for hydroxylation is 1. The number of nitrogens with zero attached hydrogens (tertiary/aromatic N) is 2. The minimum atomic E-state index is -1.24. The molecule has 0 bridgehead atoms. The van der Waals surface area contributed by atoms with Crippen molar-refractivity contribution in [1.29, 1.82) is 0 Å². The molecule has 0 spiro atoms. The summed E-state index contributed by atoms with van der Waals surface area (Å²) in [5, 5.41) is 17.4. The Morgan fingerprint density at radius 3 is 2.86 bits per heavy atom. The second-order valence-corrected chi connectivity index (χ2v) is 5.58. The Morgan fingerprint density at radius 1 is 1.55 bits per heavy atom. The van der Waals surface area contributed by atoms with Crippen LogP contribution in [0, 0.1) is 0 Å². The van der Waals surface area contributed by atoms with Crippen molar-refractivity contribution in [3.8, 4) is 5.75 Å². The van der Waals surface area contributed by atoms with Crippen molar-refractivity contribution in [2.24, 2.45) is 7.05 Å². The first kappa shape index (κ1) is 16.3. The van der Waals surface area contributed by atoms with Gasteiger partial charge in [-0.05, 0) is 19.1 Å². The fraction of sp³-hybridized carbons (Fsp3) is 0.333. The summed E-state index contributed by atoms with van der Waals surface area (Å²) in [6.07, 6.45) is 3.25. The van der Waals surface area contributed by atoms with E-state index in [0.717, 1.165) is 0 Å². The summed E-state index contributed by atoms with van der Waals surface area (Å²) in [6, 6.07) is 4.96. The number of amides is 1. The maximum absolute atomic E-state index is 12.3. The van der Waals surface area contributed by atoms with E-state index in [9.17, 15) is 9.90 Å². The Bertz CT molecular complexity index is 682. The molecule has 22 heavy (non-hydrogen) atoms. The molecule has 6 nitrogen and oxygen atoms in total. The van der Waals surface area contributed by atoms with Crippen LogP contribution < -0.4 is 10.1 Å². The second kappa shape index (κ2) is 6.37. The van der Waals surface area contributed by atoms with Crippen LogP contribution in [0.2, 0.25) is 5.02 Å². The van der Waals surface area contributed by atoms with Crippen molar-refractivity contribution in [2.75, 3.05) is 13.7 Å². The number of aromatic nitrogens is 2. The number of hydrogen-bond donors (Lipinski definition) is 2. The summed E-state index contributed by atoms with van der Waals surface area (Å²) in [4.78, 5) is 12.3. The van der Waals surface area contributed by atoms with Crippen molar-refractivity contribution in [3.63, 3.8) is 0 Å². The predicted octanol–water partition coefficient (Wildman–Crippen LogP) is 1.72. The summed E-state index contributed by atoms with van der Waals surface area (Å²) < 4.78 is 6.73. The van der Waals surface area contributed by atoms with Gasteiger partial charge in [-0.3, -0.25) is 9.48 Å². The van der Waals surface area contributed by atoms with E-state index < -0.39 is 11.5 Å².